The first-order valence-electron chi connectivity index (χ1n) is 22.9. The van der Waals surface area contributed by atoms with E-state index >= 15 is 0 Å². The number of fused-ring (bicyclic) bond motifs is 6. The van der Waals surface area contributed by atoms with E-state index in [0.29, 0.717) is 6.54 Å². The van der Waals surface area contributed by atoms with Crippen molar-refractivity contribution in [2.75, 3.05) is 9.80 Å². The largest absolute Gasteiger partial charge is 0.456 e. The Morgan fingerprint density at radius 3 is 1.09 bits per heavy atom. The van der Waals surface area contributed by atoms with Crippen LogP contribution in [0.1, 0.15) is 5.56 Å². The molecule has 0 heterocycles. The summed E-state index contributed by atoms with van der Waals surface area (Å²) in [6.45, 7) is 0.683. The van der Waals surface area contributed by atoms with Gasteiger partial charge < -0.3 is 19.3 Å². The Balaban J connectivity index is 1.14. The van der Waals surface area contributed by atoms with Crippen molar-refractivity contribution in [1.82, 2.24) is 0 Å². The Labute approximate surface area is 388 Å². The van der Waals surface area contributed by atoms with Gasteiger partial charge >= 0.3 is 0 Å². The second-order valence-electron chi connectivity index (χ2n) is 17.1. The lowest BCUT2D eigenvalue weighted by molar-refractivity contribution is 0.487. The Kier molecular flexibility index (Phi) is 9.21. The first-order chi connectivity index (χ1) is 33.3. The average Bonchev–Trinajstić information content (AvgIpc) is 3.92. The number of rotatable bonds is 11. The van der Waals surface area contributed by atoms with Crippen molar-refractivity contribution >= 4 is 93.1 Å². The molecule has 0 aliphatic carbocycles. The molecular formula is C63H42N2O2. The first-order valence-corrected chi connectivity index (χ1v) is 22.9. The predicted molar refractivity (Wildman–Crippen MR) is 280 cm³/mol. The highest BCUT2D eigenvalue weighted by Gasteiger charge is 2.30. The molecule has 0 aliphatic heterocycles. The van der Waals surface area contributed by atoms with Gasteiger partial charge in [-0.05, 0) is 122 Å². The standard InChI is InChI=1S/C63H42N2O2/c1-7-21-43(22-8-1)64(44-23-9-2-10-24-44)41-42-37-38-53-56-49(42)33-19-35-51(56)58-60(53)63(67-48-31-17-6-18-32-48)59-52-36-20-34-50-55(65(45-25-11-3-12-26-45)46-27-13-4-14-28-46)40-39-54(57(50)52)61(59)62(58)66-47-29-15-5-16-30-47/h1-40H,41H2. The number of ether oxygens (including phenoxy) is 2. The Morgan fingerprint density at radius 1 is 0.269 bits per heavy atom. The molecular weight excluding hydrogens is 817 g/mol. The molecule has 13 aromatic carbocycles. The van der Waals surface area contributed by atoms with Gasteiger partial charge in [0.05, 0.1) is 5.69 Å². The maximum Gasteiger partial charge on any atom is 0.144 e. The molecule has 0 aromatic heterocycles. The van der Waals surface area contributed by atoms with Crippen LogP contribution in [0.25, 0.3) is 64.6 Å². The molecule has 0 radical (unpaired) electrons. The predicted octanol–water partition coefficient (Wildman–Crippen LogP) is 17.9. The third kappa shape index (κ3) is 6.37. The molecule has 0 fully saturated rings. The second-order valence-corrected chi connectivity index (χ2v) is 17.1. The molecule has 0 amide bonds. The lowest BCUT2D eigenvalue weighted by Crippen LogP contribution is -2.16. The summed E-state index contributed by atoms with van der Waals surface area (Å²) in [4.78, 5) is 4.76. The van der Waals surface area contributed by atoms with Crippen LogP contribution < -0.4 is 19.3 Å². The molecule has 4 nitrogen and oxygen atoms in total. The fraction of sp³-hybridized carbons (Fsp3) is 0.0159. The normalized spacial score (nSPS) is 11.6. The minimum atomic E-state index is 0.683. The van der Waals surface area contributed by atoms with Crippen LogP contribution >= 0.6 is 0 Å². The molecule has 0 saturated heterocycles. The highest BCUT2D eigenvalue weighted by atomic mass is 16.5. The van der Waals surface area contributed by atoms with Crippen molar-refractivity contribution in [3.63, 3.8) is 0 Å². The minimum absolute atomic E-state index is 0.683. The molecule has 4 heteroatoms. The molecule has 0 spiro atoms. The summed E-state index contributed by atoms with van der Waals surface area (Å²) in [7, 11) is 0. The molecule has 13 rings (SSSR count). The second kappa shape index (κ2) is 16.0. The number of nitrogens with zero attached hydrogens (tertiary/aromatic N) is 2. The molecule has 0 atom stereocenters. The smallest absolute Gasteiger partial charge is 0.144 e. The van der Waals surface area contributed by atoms with E-state index in [1.54, 1.807) is 0 Å². The molecule has 0 unspecified atom stereocenters. The summed E-state index contributed by atoms with van der Waals surface area (Å²) < 4.78 is 14.7. The van der Waals surface area contributed by atoms with Crippen LogP contribution in [0.5, 0.6) is 23.0 Å². The summed E-state index contributed by atoms with van der Waals surface area (Å²) in [5, 5.41) is 13.3. The Bertz CT molecular complexity index is 3690. The van der Waals surface area contributed by atoms with Gasteiger partial charge in [0.15, 0.2) is 0 Å². The fourth-order valence-electron chi connectivity index (χ4n) is 10.5. The van der Waals surface area contributed by atoms with Gasteiger partial charge in [-0.1, -0.05) is 164 Å². The van der Waals surface area contributed by atoms with E-state index in [0.717, 1.165) is 99.9 Å². The maximum atomic E-state index is 7.35. The van der Waals surface area contributed by atoms with Crippen LogP contribution in [0.3, 0.4) is 0 Å². The van der Waals surface area contributed by atoms with E-state index in [2.05, 4.69) is 192 Å². The van der Waals surface area contributed by atoms with Crippen LogP contribution in [-0.4, -0.2) is 0 Å². The minimum Gasteiger partial charge on any atom is -0.456 e. The highest BCUT2D eigenvalue weighted by molar-refractivity contribution is 6.43. The van der Waals surface area contributed by atoms with Gasteiger partial charge in [0.1, 0.15) is 23.0 Å². The van der Waals surface area contributed by atoms with Crippen molar-refractivity contribution in [2.45, 2.75) is 6.54 Å². The molecule has 0 aliphatic rings. The van der Waals surface area contributed by atoms with E-state index < -0.39 is 0 Å². The molecule has 0 N–H and O–H groups in total. The Hall–Kier alpha value is -8.86. The zero-order valence-corrected chi connectivity index (χ0v) is 36.5. The number of hydrogen-bond acceptors (Lipinski definition) is 4. The summed E-state index contributed by atoms with van der Waals surface area (Å²) in [6, 6.07) is 85.7. The first kappa shape index (κ1) is 38.6. The van der Waals surface area contributed by atoms with Crippen molar-refractivity contribution in [3.8, 4) is 23.0 Å². The quantitative estimate of drug-likeness (QED) is 0.129. The lowest BCUT2D eigenvalue weighted by atomic mass is 10.00. The topological polar surface area (TPSA) is 24.9 Å². The van der Waals surface area contributed by atoms with Crippen molar-refractivity contribution < 1.29 is 9.47 Å². The van der Waals surface area contributed by atoms with Crippen LogP contribution in [0.2, 0.25) is 0 Å². The maximum absolute atomic E-state index is 7.35. The van der Waals surface area contributed by atoms with Gasteiger partial charge in [-0.2, -0.15) is 0 Å². The lowest BCUT2D eigenvalue weighted by Gasteiger charge is -2.27. The van der Waals surface area contributed by atoms with E-state index in [1.807, 2.05) is 60.7 Å². The van der Waals surface area contributed by atoms with Crippen LogP contribution in [0.15, 0.2) is 243 Å². The fourth-order valence-corrected chi connectivity index (χ4v) is 10.5. The molecule has 0 bridgehead atoms. The van der Waals surface area contributed by atoms with E-state index in [4.69, 9.17) is 9.47 Å². The summed E-state index contributed by atoms with van der Waals surface area (Å²) in [6.07, 6.45) is 0. The van der Waals surface area contributed by atoms with E-state index in [9.17, 15) is 0 Å². The van der Waals surface area contributed by atoms with Gasteiger partial charge in [-0.25, -0.2) is 0 Å². The van der Waals surface area contributed by atoms with Gasteiger partial charge in [0.25, 0.3) is 0 Å². The SMILES string of the molecule is c1ccc(Oc2c3c4ccc(CN(c5ccccc5)c5ccccc5)c5cccc(c3c(Oc3ccccc3)c3c6ccc(N(c7ccccc7)c7ccccc7)c7cccc(c23)c76)c54)cc1. The zero-order chi connectivity index (χ0) is 44.3. The van der Waals surface area contributed by atoms with Crippen LogP contribution in [0.4, 0.5) is 28.4 Å². The zero-order valence-electron chi connectivity index (χ0n) is 36.5. The number of benzene rings is 11. The van der Waals surface area contributed by atoms with Crippen LogP contribution in [-0.2, 0) is 6.54 Å². The number of para-hydroxylation sites is 6. The third-order valence-electron chi connectivity index (χ3n) is 13.3. The highest BCUT2D eigenvalue weighted by Crippen LogP contribution is 2.58. The molecule has 0 saturated carbocycles. The monoisotopic (exact) mass is 858 g/mol. The third-order valence-corrected chi connectivity index (χ3v) is 13.3. The van der Waals surface area contributed by atoms with Gasteiger partial charge in [-0.15, -0.1) is 0 Å². The molecule has 13 aromatic rings. The number of hydrogen-bond donors (Lipinski definition) is 0. The summed E-state index contributed by atoms with van der Waals surface area (Å²) >= 11 is 0. The Morgan fingerprint density at radius 2 is 0.627 bits per heavy atom. The number of anilines is 5. The van der Waals surface area contributed by atoms with Crippen molar-refractivity contribution in [3.05, 3.63) is 248 Å². The summed E-state index contributed by atoms with van der Waals surface area (Å²) in [5.74, 6) is 3.20. The van der Waals surface area contributed by atoms with E-state index in [-0.39, 0.29) is 0 Å². The average molecular weight is 859 g/mol. The van der Waals surface area contributed by atoms with Gasteiger partial charge in [0, 0.05) is 56.2 Å². The van der Waals surface area contributed by atoms with Gasteiger partial charge in [0.2, 0.25) is 0 Å². The van der Waals surface area contributed by atoms with Gasteiger partial charge in [-0.3, -0.25) is 0 Å². The molecule has 67 heavy (non-hydrogen) atoms. The van der Waals surface area contributed by atoms with Crippen molar-refractivity contribution in [2.24, 2.45) is 0 Å². The molecule has 316 valence electrons. The van der Waals surface area contributed by atoms with E-state index in [1.165, 1.54) is 21.7 Å². The summed E-state index contributed by atoms with van der Waals surface area (Å²) in [5.41, 5.74) is 6.78. The van der Waals surface area contributed by atoms with Crippen molar-refractivity contribution in [1.29, 1.82) is 0 Å². The van der Waals surface area contributed by atoms with Crippen LogP contribution in [0, 0.1) is 0 Å².